The summed E-state index contributed by atoms with van der Waals surface area (Å²) in [5.41, 5.74) is 0.776. The Kier molecular flexibility index (Phi) is 5.74. The first-order valence-corrected chi connectivity index (χ1v) is 7.36. The topological polar surface area (TPSA) is 88.7 Å². The van der Waals surface area contributed by atoms with Crippen LogP contribution in [0.15, 0.2) is 11.3 Å². The Hall–Kier alpha value is -1.89. The second-order valence-electron chi connectivity index (χ2n) is 4.94. The predicted molar refractivity (Wildman–Crippen MR) is 79.3 cm³/mol. The van der Waals surface area contributed by atoms with Gasteiger partial charge in [-0.2, -0.15) is 0 Å². The van der Waals surface area contributed by atoms with Crippen molar-refractivity contribution >= 4 is 18.1 Å². The molecule has 1 unspecified atom stereocenters. The molecule has 0 saturated heterocycles. The summed E-state index contributed by atoms with van der Waals surface area (Å²) in [4.78, 5) is 19.5. The summed E-state index contributed by atoms with van der Waals surface area (Å²) < 4.78 is 6.84. The van der Waals surface area contributed by atoms with Gasteiger partial charge in [-0.1, -0.05) is 6.42 Å². The van der Waals surface area contributed by atoms with Gasteiger partial charge >= 0.3 is 5.97 Å². The molecule has 0 aliphatic carbocycles. The molecule has 7 heteroatoms. The van der Waals surface area contributed by atoms with E-state index in [1.165, 1.54) is 0 Å². The number of aryl methyl sites for hydroxylation is 1. The van der Waals surface area contributed by atoms with Crippen molar-refractivity contribution in [2.45, 2.75) is 45.3 Å². The van der Waals surface area contributed by atoms with E-state index in [9.17, 15) is 9.90 Å². The molecule has 0 radical (unpaired) electrons. The molecule has 0 spiro atoms. The minimum atomic E-state index is -0.631. The average molecular weight is 294 g/mol. The number of fused-ring (bicyclic) bond motifs is 1. The molecule has 7 nitrogen and oxygen atoms in total. The Labute approximate surface area is 124 Å². The number of ether oxygens (including phenoxy) is 1. The third-order valence-electron chi connectivity index (χ3n) is 3.35. The van der Waals surface area contributed by atoms with Crippen molar-refractivity contribution in [2.24, 2.45) is 4.99 Å². The molecular weight excluding hydrogens is 272 g/mol. The van der Waals surface area contributed by atoms with Crippen LogP contribution in [0, 0.1) is 0 Å². The minimum Gasteiger partial charge on any atom is -0.466 e. The summed E-state index contributed by atoms with van der Waals surface area (Å²) >= 11 is 0. The number of aliphatic hydroxyl groups is 1. The SMILES string of the molecule is CCOC(=O)CCCCCn1cnc2c1C(O)CN=CN2. The van der Waals surface area contributed by atoms with Gasteiger partial charge in [-0.3, -0.25) is 9.79 Å². The highest BCUT2D eigenvalue weighted by Gasteiger charge is 2.20. The number of carbonyl (C=O) groups excluding carboxylic acids is 1. The number of unbranched alkanes of at least 4 members (excludes halogenated alkanes) is 2. The van der Waals surface area contributed by atoms with E-state index in [4.69, 9.17) is 4.74 Å². The third-order valence-corrected chi connectivity index (χ3v) is 3.35. The second kappa shape index (κ2) is 7.78. The largest absolute Gasteiger partial charge is 0.466 e. The highest BCUT2D eigenvalue weighted by Crippen LogP contribution is 2.24. The van der Waals surface area contributed by atoms with Crippen molar-refractivity contribution in [1.82, 2.24) is 9.55 Å². The quantitative estimate of drug-likeness (QED) is 0.587. The van der Waals surface area contributed by atoms with Crippen LogP contribution in [0.4, 0.5) is 5.82 Å². The maximum atomic E-state index is 11.2. The zero-order valence-corrected chi connectivity index (χ0v) is 12.3. The van der Waals surface area contributed by atoms with E-state index in [0.29, 0.717) is 25.4 Å². The standard InChI is InChI=1S/C14H22N4O3/c1-2-21-12(20)6-4-3-5-7-18-10-17-14-13(18)11(19)8-15-9-16-14/h9-11,19H,2-8H2,1H3,(H,15,16). The van der Waals surface area contributed by atoms with Crippen molar-refractivity contribution in [2.75, 3.05) is 18.5 Å². The number of carbonyl (C=O) groups is 1. The van der Waals surface area contributed by atoms with Crippen LogP contribution in [0.3, 0.4) is 0 Å². The summed E-state index contributed by atoms with van der Waals surface area (Å²) in [6.07, 6.45) is 5.81. The molecule has 1 atom stereocenters. The molecular formula is C14H22N4O3. The zero-order valence-electron chi connectivity index (χ0n) is 12.3. The summed E-state index contributed by atoms with van der Waals surface area (Å²) in [6, 6.07) is 0. The smallest absolute Gasteiger partial charge is 0.305 e. The maximum Gasteiger partial charge on any atom is 0.305 e. The Balaban J connectivity index is 1.77. The fourth-order valence-electron chi connectivity index (χ4n) is 2.34. The van der Waals surface area contributed by atoms with Crippen molar-refractivity contribution < 1.29 is 14.6 Å². The molecule has 2 heterocycles. The molecule has 0 fully saturated rings. The van der Waals surface area contributed by atoms with Gasteiger partial charge in [0.25, 0.3) is 0 Å². The normalized spacial score (nSPS) is 17.0. The number of rotatable bonds is 7. The fraction of sp³-hybridized carbons (Fsp3) is 0.643. The first-order valence-electron chi connectivity index (χ1n) is 7.36. The Morgan fingerprint density at radius 1 is 1.52 bits per heavy atom. The first-order chi connectivity index (χ1) is 10.2. The second-order valence-corrected chi connectivity index (χ2v) is 4.94. The highest BCUT2D eigenvalue weighted by molar-refractivity contribution is 5.75. The number of nitrogens with one attached hydrogen (secondary N) is 1. The maximum absolute atomic E-state index is 11.2. The molecule has 1 aliphatic heterocycles. The van der Waals surface area contributed by atoms with Gasteiger partial charge in [0.2, 0.25) is 0 Å². The average Bonchev–Trinajstić information content (AvgIpc) is 2.77. The van der Waals surface area contributed by atoms with Gasteiger partial charge in [0.05, 0.1) is 31.5 Å². The number of esters is 1. The summed E-state index contributed by atoms with van der Waals surface area (Å²) in [5.74, 6) is 0.529. The number of aliphatic imine (C=N–C) groups is 1. The van der Waals surface area contributed by atoms with Crippen molar-refractivity contribution in [3.8, 4) is 0 Å². The van der Waals surface area contributed by atoms with Crippen LogP contribution in [0.5, 0.6) is 0 Å². The molecule has 1 aromatic rings. The number of hydrogen-bond donors (Lipinski definition) is 2. The number of hydrogen-bond acceptors (Lipinski definition) is 6. The van der Waals surface area contributed by atoms with E-state index in [1.807, 2.05) is 11.5 Å². The predicted octanol–water partition coefficient (Wildman–Crippen LogP) is 1.49. The molecule has 0 bridgehead atoms. The van der Waals surface area contributed by atoms with Crippen LogP contribution in [0.1, 0.15) is 44.4 Å². The van der Waals surface area contributed by atoms with Crippen LogP contribution in [0.2, 0.25) is 0 Å². The van der Waals surface area contributed by atoms with Gasteiger partial charge in [-0.05, 0) is 19.8 Å². The van der Waals surface area contributed by atoms with Crippen LogP contribution < -0.4 is 5.32 Å². The van der Waals surface area contributed by atoms with Crippen LogP contribution in [0.25, 0.3) is 0 Å². The number of nitrogens with zero attached hydrogens (tertiary/aromatic N) is 3. The molecule has 0 saturated carbocycles. The van der Waals surface area contributed by atoms with Crippen molar-refractivity contribution in [1.29, 1.82) is 0 Å². The summed E-state index contributed by atoms with van der Waals surface area (Å²) in [5, 5.41) is 13.0. The number of imidazole rings is 1. The number of anilines is 1. The lowest BCUT2D eigenvalue weighted by Gasteiger charge is -2.12. The van der Waals surface area contributed by atoms with E-state index in [2.05, 4.69) is 15.3 Å². The van der Waals surface area contributed by atoms with Crippen molar-refractivity contribution in [3.05, 3.63) is 12.0 Å². The fourth-order valence-corrected chi connectivity index (χ4v) is 2.34. The number of aromatic nitrogens is 2. The Morgan fingerprint density at radius 2 is 2.38 bits per heavy atom. The number of aliphatic hydroxyl groups excluding tert-OH is 1. The van der Waals surface area contributed by atoms with E-state index in [1.54, 1.807) is 12.7 Å². The minimum absolute atomic E-state index is 0.134. The molecule has 0 aromatic carbocycles. The lowest BCUT2D eigenvalue weighted by Crippen LogP contribution is -2.10. The van der Waals surface area contributed by atoms with E-state index < -0.39 is 6.10 Å². The van der Waals surface area contributed by atoms with Crippen LogP contribution >= 0.6 is 0 Å². The molecule has 1 aromatic heterocycles. The molecule has 0 amide bonds. The van der Waals surface area contributed by atoms with Gasteiger partial charge in [0.1, 0.15) is 6.10 Å². The van der Waals surface area contributed by atoms with E-state index in [-0.39, 0.29) is 5.97 Å². The molecule has 116 valence electrons. The molecule has 2 rings (SSSR count). The molecule has 21 heavy (non-hydrogen) atoms. The van der Waals surface area contributed by atoms with Crippen molar-refractivity contribution in [3.63, 3.8) is 0 Å². The Morgan fingerprint density at radius 3 is 3.19 bits per heavy atom. The van der Waals surface area contributed by atoms with E-state index in [0.717, 1.165) is 31.5 Å². The highest BCUT2D eigenvalue weighted by atomic mass is 16.5. The first kappa shape index (κ1) is 15.5. The monoisotopic (exact) mass is 294 g/mol. The summed E-state index contributed by atoms with van der Waals surface area (Å²) in [7, 11) is 0. The zero-order chi connectivity index (χ0) is 15.1. The van der Waals surface area contributed by atoms with Gasteiger partial charge in [-0.25, -0.2) is 4.98 Å². The van der Waals surface area contributed by atoms with Gasteiger partial charge in [-0.15, -0.1) is 0 Å². The van der Waals surface area contributed by atoms with Gasteiger partial charge < -0.3 is 19.7 Å². The lowest BCUT2D eigenvalue weighted by molar-refractivity contribution is -0.143. The van der Waals surface area contributed by atoms with Crippen LogP contribution in [-0.4, -0.2) is 40.1 Å². The third kappa shape index (κ3) is 4.29. The summed E-state index contributed by atoms with van der Waals surface area (Å²) in [6.45, 7) is 3.36. The van der Waals surface area contributed by atoms with E-state index >= 15 is 0 Å². The van der Waals surface area contributed by atoms with Gasteiger partial charge in [0, 0.05) is 13.0 Å². The Bertz CT molecular complexity index is 498. The van der Waals surface area contributed by atoms with Gasteiger partial charge in [0.15, 0.2) is 5.82 Å². The molecule has 2 N–H and O–H groups in total. The van der Waals surface area contributed by atoms with Crippen LogP contribution in [-0.2, 0) is 16.1 Å². The lowest BCUT2D eigenvalue weighted by atomic mass is 10.2. The molecule has 1 aliphatic rings.